The highest BCUT2D eigenvalue weighted by atomic mass is 16.6. The van der Waals surface area contributed by atoms with E-state index in [0.717, 1.165) is 70.8 Å². The Labute approximate surface area is 210 Å². The summed E-state index contributed by atoms with van der Waals surface area (Å²) in [5, 5.41) is 5.13. The molecule has 4 fully saturated rings. The number of hydrogen-bond donors (Lipinski definition) is 0. The number of hydrogen-bond acceptors (Lipinski definition) is 6. The van der Waals surface area contributed by atoms with Crippen LogP contribution >= 0.6 is 0 Å². The van der Waals surface area contributed by atoms with Crippen molar-refractivity contribution < 1.29 is 14.3 Å². The van der Waals surface area contributed by atoms with Crippen molar-refractivity contribution in [1.82, 2.24) is 19.6 Å². The molecule has 1 spiro atoms. The summed E-state index contributed by atoms with van der Waals surface area (Å²) in [6, 6.07) is 3.86. The lowest BCUT2D eigenvalue weighted by atomic mass is 9.61. The highest BCUT2D eigenvalue weighted by Gasteiger charge is 2.55. The number of likely N-dealkylation sites (tertiary alicyclic amines) is 1. The first-order valence-electron chi connectivity index (χ1n) is 13.5. The summed E-state index contributed by atoms with van der Waals surface area (Å²) in [5.41, 5.74) is 1.12. The molecule has 2 atom stereocenters. The lowest BCUT2D eigenvalue weighted by Gasteiger charge is -2.58. The second-order valence-electron chi connectivity index (χ2n) is 13.3. The molecule has 5 rings (SSSR count). The molecule has 3 saturated heterocycles. The fourth-order valence-corrected chi connectivity index (χ4v) is 6.85. The highest BCUT2D eigenvalue weighted by molar-refractivity contribution is 5.69. The number of carbonyl (C=O) groups is 1. The Morgan fingerprint density at radius 1 is 1.17 bits per heavy atom. The maximum atomic E-state index is 12.3. The first kappa shape index (κ1) is 24.9. The maximum Gasteiger partial charge on any atom is 0.410 e. The van der Waals surface area contributed by atoms with Crippen LogP contribution in [0.3, 0.4) is 0 Å². The van der Waals surface area contributed by atoms with Crippen LogP contribution in [-0.4, -0.2) is 88.8 Å². The van der Waals surface area contributed by atoms with E-state index in [0.29, 0.717) is 18.1 Å². The third-order valence-corrected chi connectivity index (χ3v) is 8.78. The molecule has 1 saturated carbocycles. The van der Waals surface area contributed by atoms with E-state index < -0.39 is 5.60 Å². The molecule has 8 nitrogen and oxygen atoms in total. The zero-order chi connectivity index (χ0) is 25.2. The minimum absolute atomic E-state index is 0.0605. The van der Waals surface area contributed by atoms with Crippen LogP contribution < -0.4 is 4.90 Å². The standard InChI is InChI=1S/C27H45N5O3/c1-19-12-23(31-10-8-20(13-26(31,5)6)29(7)21-9-11-34-16-21)28-32(19)22-14-27(15-22)17-30(18-27)24(33)35-25(2,3)4/h12,20-22H,8-11,13-18H2,1-7H3/t20?,21-/m1/s1. The molecular weight excluding hydrogens is 442 g/mol. The van der Waals surface area contributed by atoms with Gasteiger partial charge in [-0.25, -0.2) is 4.79 Å². The van der Waals surface area contributed by atoms with Crippen molar-refractivity contribution in [3.63, 3.8) is 0 Å². The second kappa shape index (κ2) is 8.65. The van der Waals surface area contributed by atoms with E-state index in [1.807, 2.05) is 25.7 Å². The molecular formula is C27H45N5O3. The smallest absolute Gasteiger partial charge is 0.410 e. The number of amides is 1. The van der Waals surface area contributed by atoms with E-state index in [1.165, 1.54) is 5.69 Å². The number of likely N-dealkylation sites (N-methyl/N-ethyl adjacent to an activating group) is 1. The van der Waals surface area contributed by atoms with Crippen LogP contribution in [0, 0.1) is 12.3 Å². The third-order valence-electron chi connectivity index (χ3n) is 8.78. The minimum Gasteiger partial charge on any atom is -0.444 e. The number of carbonyl (C=O) groups excluding carboxylic acids is 1. The van der Waals surface area contributed by atoms with Gasteiger partial charge in [-0.3, -0.25) is 9.58 Å². The number of nitrogens with zero attached hydrogens (tertiary/aromatic N) is 5. The van der Waals surface area contributed by atoms with E-state index >= 15 is 0 Å². The van der Waals surface area contributed by atoms with Crippen molar-refractivity contribution in [3.05, 3.63) is 11.8 Å². The number of aromatic nitrogens is 2. The van der Waals surface area contributed by atoms with Gasteiger partial charge in [0, 0.05) is 61.0 Å². The average molecular weight is 488 g/mol. The van der Waals surface area contributed by atoms with Crippen molar-refractivity contribution in [3.8, 4) is 0 Å². The van der Waals surface area contributed by atoms with Crippen LogP contribution in [0.25, 0.3) is 0 Å². The molecule has 1 aromatic rings. The molecule has 1 aromatic heterocycles. The van der Waals surface area contributed by atoms with Gasteiger partial charge in [0.15, 0.2) is 5.82 Å². The van der Waals surface area contributed by atoms with Crippen LogP contribution in [0.1, 0.15) is 78.5 Å². The lowest BCUT2D eigenvalue weighted by molar-refractivity contribution is -0.0930. The molecule has 0 aromatic carbocycles. The molecule has 4 aliphatic rings. The zero-order valence-electron chi connectivity index (χ0n) is 22.8. The normalized spacial score (nSPS) is 28.3. The Morgan fingerprint density at radius 2 is 1.89 bits per heavy atom. The van der Waals surface area contributed by atoms with Gasteiger partial charge < -0.3 is 19.3 Å². The number of ether oxygens (including phenoxy) is 2. The summed E-state index contributed by atoms with van der Waals surface area (Å²) in [4.78, 5) is 19.3. The quantitative estimate of drug-likeness (QED) is 0.633. The largest absolute Gasteiger partial charge is 0.444 e. The van der Waals surface area contributed by atoms with Gasteiger partial charge >= 0.3 is 6.09 Å². The zero-order valence-corrected chi connectivity index (χ0v) is 22.8. The molecule has 1 aliphatic carbocycles. The summed E-state index contributed by atoms with van der Waals surface area (Å²) in [5.74, 6) is 1.11. The summed E-state index contributed by atoms with van der Waals surface area (Å²) in [7, 11) is 2.28. The van der Waals surface area contributed by atoms with Gasteiger partial charge in [0.1, 0.15) is 5.60 Å². The third kappa shape index (κ3) is 4.80. The van der Waals surface area contributed by atoms with Gasteiger partial charge in [-0.15, -0.1) is 0 Å². The predicted octanol–water partition coefficient (Wildman–Crippen LogP) is 4.23. The van der Waals surface area contributed by atoms with E-state index in [-0.39, 0.29) is 17.0 Å². The molecule has 0 bridgehead atoms. The van der Waals surface area contributed by atoms with E-state index in [9.17, 15) is 4.79 Å². The molecule has 0 radical (unpaired) electrons. The molecule has 35 heavy (non-hydrogen) atoms. The molecule has 196 valence electrons. The summed E-state index contributed by atoms with van der Waals surface area (Å²) in [6.07, 6.45) is 5.45. The fourth-order valence-electron chi connectivity index (χ4n) is 6.85. The topological polar surface area (TPSA) is 63.1 Å². The lowest BCUT2D eigenvalue weighted by Crippen LogP contribution is -2.64. The summed E-state index contributed by atoms with van der Waals surface area (Å²) in [6.45, 7) is 17.1. The summed E-state index contributed by atoms with van der Waals surface area (Å²) >= 11 is 0. The van der Waals surface area contributed by atoms with Gasteiger partial charge in [0.2, 0.25) is 0 Å². The number of rotatable bonds is 4. The molecule has 0 N–H and O–H groups in total. The monoisotopic (exact) mass is 487 g/mol. The Kier molecular flexibility index (Phi) is 6.15. The van der Waals surface area contributed by atoms with Gasteiger partial charge in [-0.1, -0.05) is 0 Å². The molecule has 3 aliphatic heterocycles. The number of anilines is 1. The van der Waals surface area contributed by atoms with Crippen LogP contribution in [0.4, 0.5) is 10.6 Å². The van der Waals surface area contributed by atoms with Gasteiger partial charge in [-0.2, -0.15) is 5.10 Å². The molecule has 1 amide bonds. The SMILES string of the molecule is Cc1cc(N2CCC(N(C)[C@@H]3CCOC3)CC2(C)C)nn1C1CC2(C1)CN(C(=O)OC(C)(C)C)C2. The molecule has 4 heterocycles. The van der Waals surface area contributed by atoms with Gasteiger partial charge in [-0.05, 0) is 80.7 Å². The van der Waals surface area contributed by atoms with Crippen LogP contribution in [-0.2, 0) is 9.47 Å². The summed E-state index contributed by atoms with van der Waals surface area (Å²) < 4.78 is 13.4. The van der Waals surface area contributed by atoms with E-state index in [4.69, 9.17) is 14.6 Å². The Balaban J connectivity index is 1.18. The minimum atomic E-state index is -0.437. The Morgan fingerprint density at radius 3 is 2.49 bits per heavy atom. The van der Waals surface area contributed by atoms with Gasteiger partial charge in [0.25, 0.3) is 0 Å². The first-order chi connectivity index (χ1) is 16.4. The van der Waals surface area contributed by atoms with Crippen molar-refractivity contribution in [2.75, 3.05) is 44.8 Å². The highest BCUT2D eigenvalue weighted by Crippen LogP contribution is 2.54. The average Bonchev–Trinajstić information content (AvgIpc) is 3.33. The van der Waals surface area contributed by atoms with Crippen molar-refractivity contribution >= 4 is 11.9 Å². The van der Waals surface area contributed by atoms with Crippen molar-refractivity contribution in [1.29, 1.82) is 0 Å². The van der Waals surface area contributed by atoms with Crippen molar-refractivity contribution in [2.24, 2.45) is 5.41 Å². The van der Waals surface area contributed by atoms with Crippen LogP contribution in [0.2, 0.25) is 0 Å². The van der Waals surface area contributed by atoms with Crippen LogP contribution in [0.15, 0.2) is 6.07 Å². The molecule has 8 heteroatoms. The first-order valence-corrected chi connectivity index (χ1v) is 13.5. The fraction of sp³-hybridized carbons (Fsp3) is 0.852. The molecule has 1 unspecified atom stereocenters. The second-order valence-corrected chi connectivity index (χ2v) is 13.3. The van der Waals surface area contributed by atoms with Crippen molar-refractivity contribution in [2.45, 2.75) is 103 Å². The number of piperidine rings is 1. The maximum absolute atomic E-state index is 12.3. The Hall–Kier alpha value is -1.80. The van der Waals surface area contributed by atoms with Crippen LogP contribution in [0.5, 0.6) is 0 Å². The van der Waals surface area contributed by atoms with E-state index in [2.05, 4.69) is 48.4 Å². The van der Waals surface area contributed by atoms with E-state index in [1.54, 1.807) is 0 Å². The van der Waals surface area contributed by atoms with Gasteiger partial charge in [0.05, 0.1) is 12.6 Å². The number of aryl methyl sites for hydroxylation is 1. The predicted molar refractivity (Wildman–Crippen MR) is 137 cm³/mol. The Bertz CT molecular complexity index is 931.